The van der Waals surface area contributed by atoms with Gasteiger partial charge in [-0.25, -0.2) is 4.57 Å². The summed E-state index contributed by atoms with van der Waals surface area (Å²) in [5, 5.41) is 0.599. The Morgan fingerprint density at radius 2 is 1.36 bits per heavy atom. The van der Waals surface area contributed by atoms with Gasteiger partial charge in [-0.2, -0.15) is 0 Å². The van der Waals surface area contributed by atoms with Crippen LogP contribution in [0.25, 0.3) is 5.76 Å². The van der Waals surface area contributed by atoms with Gasteiger partial charge in [-0.05, 0) is 35.6 Å². The lowest BCUT2D eigenvalue weighted by Crippen LogP contribution is -2.31. The van der Waals surface area contributed by atoms with Crippen molar-refractivity contribution in [3.8, 4) is 0 Å². The van der Waals surface area contributed by atoms with Gasteiger partial charge in [0.05, 0.1) is 11.9 Å². The van der Waals surface area contributed by atoms with Crippen molar-refractivity contribution in [2.75, 3.05) is 6.61 Å². The smallest absolute Gasteiger partial charge is 0.410 e. The Bertz CT molecular complexity index is 1040. The quantitative estimate of drug-likeness (QED) is 0.535. The number of rotatable bonds is 3. The molecule has 0 N–H and O–H groups in total. The van der Waals surface area contributed by atoms with E-state index < -0.39 is 7.60 Å². The Kier molecular flexibility index (Phi) is 4.43. The molecule has 0 radical (unpaired) electrons. The molecule has 3 aromatic carbocycles. The molecule has 4 heteroatoms. The van der Waals surface area contributed by atoms with E-state index in [9.17, 15) is 4.57 Å². The summed E-state index contributed by atoms with van der Waals surface area (Å²) < 4.78 is 25.9. The zero-order chi connectivity index (χ0) is 19.0. The van der Waals surface area contributed by atoms with Crippen molar-refractivity contribution in [2.45, 2.75) is 12.3 Å². The summed E-state index contributed by atoms with van der Waals surface area (Å²) in [6, 6.07) is 29.7. The van der Waals surface area contributed by atoms with E-state index in [1.807, 2.05) is 66.7 Å². The van der Waals surface area contributed by atoms with E-state index in [1.165, 1.54) is 11.1 Å². The van der Waals surface area contributed by atoms with Crippen LogP contribution in [-0.4, -0.2) is 6.61 Å². The van der Waals surface area contributed by atoms with Crippen molar-refractivity contribution in [3.05, 3.63) is 108 Å². The molecular formula is C24H21O3P. The third kappa shape index (κ3) is 3.01. The summed E-state index contributed by atoms with van der Waals surface area (Å²) in [6.45, 7) is 0.400. The maximum atomic E-state index is 13.7. The van der Waals surface area contributed by atoms with Crippen LogP contribution in [0.5, 0.6) is 0 Å². The van der Waals surface area contributed by atoms with Crippen molar-refractivity contribution in [1.82, 2.24) is 0 Å². The average Bonchev–Trinajstić information content (AvgIpc) is 2.85. The molecule has 1 fully saturated rings. The highest BCUT2D eigenvalue weighted by atomic mass is 31.2. The molecule has 3 atom stereocenters. The first kappa shape index (κ1) is 17.5. The fraction of sp³-hybridized carbons (Fsp3) is 0.167. The summed E-state index contributed by atoms with van der Waals surface area (Å²) in [7, 11) is -3.44. The zero-order valence-corrected chi connectivity index (χ0v) is 16.3. The Morgan fingerprint density at radius 1 is 0.750 bits per heavy atom. The lowest BCUT2D eigenvalue weighted by atomic mass is 9.65. The van der Waals surface area contributed by atoms with E-state index >= 15 is 0 Å². The molecule has 0 bridgehead atoms. The SMILES string of the molecule is O=[P@@]1(c2ccccc2)OC[C@@H]2C(=C(c3ccccc3)O1)C[C@@H]2c1ccccc1. The molecule has 1 heterocycles. The van der Waals surface area contributed by atoms with Crippen LogP contribution in [0.15, 0.2) is 96.6 Å². The van der Waals surface area contributed by atoms with Crippen LogP contribution >= 0.6 is 7.60 Å². The topological polar surface area (TPSA) is 35.5 Å². The molecule has 140 valence electrons. The number of benzene rings is 3. The average molecular weight is 388 g/mol. The minimum Gasteiger partial charge on any atom is -0.421 e. The monoisotopic (exact) mass is 388 g/mol. The molecule has 3 aromatic rings. The second kappa shape index (κ2) is 7.09. The van der Waals surface area contributed by atoms with Crippen LogP contribution in [-0.2, 0) is 13.6 Å². The molecule has 0 aromatic heterocycles. The third-order valence-corrected chi connectivity index (χ3v) is 7.48. The largest absolute Gasteiger partial charge is 0.421 e. The van der Waals surface area contributed by atoms with Gasteiger partial charge >= 0.3 is 7.60 Å². The summed E-state index contributed by atoms with van der Waals surface area (Å²) in [5.41, 5.74) is 3.45. The van der Waals surface area contributed by atoms with E-state index in [-0.39, 0.29) is 5.92 Å². The summed E-state index contributed by atoms with van der Waals surface area (Å²) >= 11 is 0. The first-order valence-electron chi connectivity index (χ1n) is 9.58. The van der Waals surface area contributed by atoms with Crippen LogP contribution < -0.4 is 5.30 Å². The molecule has 1 saturated carbocycles. The van der Waals surface area contributed by atoms with Crippen molar-refractivity contribution < 1.29 is 13.6 Å². The van der Waals surface area contributed by atoms with Gasteiger partial charge in [0.2, 0.25) is 0 Å². The maximum Gasteiger partial charge on any atom is 0.410 e. The molecule has 28 heavy (non-hydrogen) atoms. The van der Waals surface area contributed by atoms with Gasteiger partial charge in [-0.1, -0.05) is 78.9 Å². The molecule has 1 aliphatic carbocycles. The van der Waals surface area contributed by atoms with Crippen LogP contribution in [0.3, 0.4) is 0 Å². The molecule has 1 aliphatic heterocycles. The first-order valence-corrected chi connectivity index (χ1v) is 11.1. The number of hydrogen-bond acceptors (Lipinski definition) is 3. The summed E-state index contributed by atoms with van der Waals surface area (Å²) in [5.74, 6) is 1.26. The molecule has 0 unspecified atom stereocenters. The highest BCUT2D eigenvalue weighted by molar-refractivity contribution is 7.62. The second-order valence-electron chi connectivity index (χ2n) is 7.27. The van der Waals surface area contributed by atoms with Gasteiger partial charge in [-0.3, -0.25) is 4.52 Å². The fourth-order valence-corrected chi connectivity index (χ4v) is 5.75. The van der Waals surface area contributed by atoms with E-state index in [2.05, 4.69) is 24.3 Å². The molecule has 3 nitrogen and oxygen atoms in total. The summed E-state index contributed by atoms with van der Waals surface area (Å²) in [6.07, 6.45) is 0.900. The van der Waals surface area contributed by atoms with Crippen LogP contribution in [0.1, 0.15) is 23.5 Å². The van der Waals surface area contributed by atoms with Gasteiger partial charge < -0.3 is 4.52 Å². The Morgan fingerprint density at radius 3 is 2.04 bits per heavy atom. The highest BCUT2D eigenvalue weighted by Gasteiger charge is 2.46. The molecular weight excluding hydrogens is 367 g/mol. The van der Waals surface area contributed by atoms with E-state index in [0.29, 0.717) is 17.8 Å². The zero-order valence-electron chi connectivity index (χ0n) is 15.4. The number of fused-ring (bicyclic) bond motifs is 1. The van der Waals surface area contributed by atoms with Crippen molar-refractivity contribution in [3.63, 3.8) is 0 Å². The minimum atomic E-state index is -3.44. The van der Waals surface area contributed by atoms with E-state index in [0.717, 1.165) is 17.7 Å². The molecule has 0 spiro atoms. The summed E-state index contributed by atoms with van der Waals surface area (Å²) in [4.78, 5) is 0. The Hall–Kier alpha value is -2.61. The van der Waals surface area contributed by atoms with Crippen LogP contribution in [0.4, 0.5) is 0 Å². The standard InChI is InChI=1S/C24H21O3P/c25-28(20-14-8-3-9-15-20)26-17-23-21(18-10-4-1-5-11-18)16-22(23)24(27-28)19-12-6-2-7-13-19/h1-15,21,23H,16-17H2/t21-,23+,28+/m1/s1. The Labute approximate surface area is 165 Å². The first-order chi connectivity index (χ1) is 13.7. The van der Waals surface area contributed by atoms with E-state index in [4.69, 9.17) is 9.05 Å². The van der Waals surface area contributed by atoms with Gasteiger partial charge in [0.15, 0.2) is 0 Å². The third-order valence-electron chi connectivity index (χ3n) is 5.64. The molecule has 0 saturated heterocycles. The van der Waals surface area contributed by atoms with Crippen LogP contribution in [0, 0.1) is 5.92 Å². The van der Waals surface area contributed by atoms with E-state index in [1.54, 1.807) is 0 Å². The minimum absolute atomic E-state index is 0.178. The lowest BCUT2D eigenvalue weighted by molar-refractivity contribution is 0.207. The maximum absolute atomic E-state index is 13.7. The Balaban J connectivity index is 1.58. The predicted octanol–water partition coefficient (Wildman–Crippen LogP) is 5.77. The molecule has 0 amide bonds. The van der Waals surface area contributed by atoms with Gasteiger partial charge in [0, 0.05) is 11.5 Å². The lowest BCUT2D eigenvalue weighted by Gasteiger charge is -2.39. The van der Waals surface area contributed by atoms with Crippen LogP contribution in [0.2, 0.25) is 0 Å². The van der Waals surface area contributed by atoms with Gasteiger partial charge in [0.1, 0.15) is 5.76 Å². The predicted molar refractivity (Wildman–Crippen MR) is 111 cm³/mol. The highest BCUT2D eigenvalue weighted by Crippen LogP contribution is 2.60. The second-order valence-corrected chi connectivity index (χ2v) is 9.22. The number of hydrogen-bond donors (Lipinski definition) is 0. The van der Waals surface area contributed by atoms with Gasteiger partial charge in [0.25, 0.3) is 0 Å². The molecule has 5 rings (SSSR count). The van der Waals surface area contributed by atoms with Crippen molar-refractivity contribution in [2.24, 2.45) is 5.92 Å². The van der Waals surface area contributed by atoms with Crippen molar-refractivity contribution in [1.29, 1.82) is 0 Å². The fourth-order valence-electron chi connectivity index (χ4n) is 4.09. The normalized spacial score (nSPS) is 26.6. The van der Waals surface area contributed by atoms with Gasteiger partial charge in [-0.15, -0.1) is 0 Å². The van der Waals surface area contributed by atoms with Crippen molar-refractivity contribution >= 4 is 18.7 Å². The molecule has 2 aliphatic rings.